The first-order chi connectivity index (χ1) is 4.95. The first-order valence-electron chi connectivity index (χ1n) is 4.25. The number of carbonyl (C=O) groups excluding carboxylic acids is 1. The van der Waals surface area contributed by atoms with Crippen LogP contribution < -0.4 is 5.32 Å². The Morgan fingerprint density at radius 2 is 1.55 bits per heavy atom. The van der Waals surface area contributed by atoms with Crippen molar-refractivity contribution in [2.45, 2.75) is 40.7 Å². The molecule has 0 aromatic heterocycles. The molecule has 0 aliphatic carbocycles. The summed E-state index contributed by atoms with van der Waals surface area (Å²) in [5.41, 5.74) is 0. The minimum absolute atomic E-state index is 0.123. The van der Waals surface area contributed by atoms with Crippen LogP contribution in [-0.4, -0.2) is 11.9 Å². The van der Waals surface area contributed by atoms with Crippen molar-refractivity contribution in [3.8, 4) is 0 Å². The van der Waals surface area contributed by atoms with Crippen LogP contribution in [0, 0.1) is 11.8 Å². The van der Waals surface area contributed by atoms with Gasteiger partial charge in [-0.25, -0.2) is 0 Å². The van der Waals surface area contributed by atoms with Crippen LogP contribution in [0.1, 0.15) is 34.6 Å². The summed E-state index contributed by atoms with van der Waals surface area (Å²) in [6.45, 7) is 10.0. The van der Waals surface area contributed by atoms with Gasteiger partial charge in [0.05, 0.1) is 0 Å². The van der Waals surface area contributed by atoms with E-state index in [1.807, 2.05) is 20.8 Å². The zero-order valence-electron chi connectivity index (χ0n) is 8.14. The lowest BCUT2D eigenvalue weighted by molar-refractivity contribution is -0.126. The van der Waals surface area contributed by atoms with Crippen molar-refractivity contribution in [1.82, 2.24) is 5.32 Å². The molecular formula is C9H19NO. The van der Waals surface area contributed by atoms with Crippen molar-refractivity contribution in [3.05, 3.63) is 0 Å². The van der Waals surface area contributed by atoms with E-state index in [1.165, 1.54) is 0 Å². The van der Waals surface area contributed by atoms with E-state index in [2.05, 4.69) is 19.2 Å². The summed E-state index contributed by atoms with van der Waals surface area (Å²) in [6, 6.07) is 0.253. The average Bonchev–Trinajstić information content (AvgIpc) is 1.84. The van der Waals surface area contributed by atoms with E-state index in [-0.39, 0.29) is 17.9 Å². The Balaban J connectivity index is 3.83. The highest BCUT2D eigenvalue weighted by Crippen LogP contribution is 2.09. The fraction of sp³-hybridized carbons (Fsp3) is 0.889. The molecule has 1 atom stereocenters. The predicted molar refractivity (Wildman–Crippen MR) is 47.3 cm³/mol. The number of rotatable bonds is 3. The smallest absolute Gasteiger partial charge is 0.223 e. The zero-order chi connectivity index (χ0) is 9.02. The van der Waals surface area contributed by atoms with Crippen LogP contribution in [0.15, 0.2) is 0 Å². The van der Waals surface area contributed by atoms with Gasteiger partial charge in [-0.2, -0.15) is 0 Å². The summed E-state index contributed by atoms with van der Waals surface area (Å²) < 4.78 is 0. The van der Waals surface area contributed by atoms with Gasteiger partial charge in [-0.3, -0.25) is 4.79 Å². The van der Waals surface area contributed by atoms with Crippen molar-refractivity contribution in [1.29, 1.82) is 0 Å². The molecule has 0 saturated heterocycles. The van der Waals surface area contributed by atoms with Gasteiger partial charge in [-0.1, -0.05) is 20.8 Å². The maximum absolute atomic E-state index is 11.3. The Labute approximate surface area is 69.4 Å². The van der Waals surface area contributed by atoms with Crippen LogP contribution in [0.3, 0.4) is 0 Å². The third-order valence-corrected chi connectivity index (χ3v) is 1.84. The van der Waals surface area contributed by atoms with E-state index in [0.29, 0.717) is 5.92 Å². The zero-order valence-corrected chi connectivity index (χ0v) is 8.14. The molecule has 0 spiro atoms. The molecule has 1 unspecified atom stereocenters. The topological polar surface area (TPSA) is 29.1 Å². The molecule has 0 aromatic carbocycles. The molecule has 0 aliphatic rings. The fourth-order valence-corrected chi connectivity index (χ4v) is 0.719. The molecule has 2 heteroatoms. The molecule has 0 bridgehead atoms. The molecule has 0 radical (unpaired) electrons. The lowest BCUT2D eigenvalue weighted by Gasteiger charge is -2.16. The second kappa shape index (κ2) is 4.37. The Morgan fingerprint density at radius 3 is 1.82 bits per heavy atom. The second-order valence-corrected chi connectivity index (χ2v) is 3.70. The monoisotopic (exact) mass is 157 g/mol. The number of nitrogens with one attached hydrogen (secondary N) is 1. The molecule has 66 valence electrons. The normalized spacial score (nSPS) is 13.7. The molecule has 11 heavy (non-hydrogen) atoms. The van der Waals surface area contributed by atoms with E-state index < -0.39 is 0 Å². The first kappa shape index (κ1) is 10.5. The van der Waals surface area contributed by atoms with Crippen LogP contribution in [-0.2, 0) is 4.79 Å². The highest BCUT2D eigenvalue weighted by molar-refractivity contribution is 5.78. The van der Waals surface area contributed by atoms with Gasteiger partial charge in [-0.05, 0) is 19.8 Å². The average molecular weight is 157 g/mol. The Morgan fingerprint density at radius 1 is 1.09 bits per heavy atom. The largest absolute Gasteiger partial charge is 0.354 e. The molecule has 0 rings (SSSR count). The Hall–Kier alpha value is -0.530. The molecule has 0 aromatic rings. The van der Waals surface area contributed by atoms with Crippen LogP contribution in [0.25, 0.3) is 0 Å². The van der Waals surface area contributed by atoms with Crippen LogP contribution >= 0.6 is 0 Å². The van der Waals surface area contributed by atoms with Gasteiger partial charge in [0.15, 0.2) is 0 Å². The van der Waals surface area contributed by atoms with Crippen molar-refractivity contribution in [3.63, 3.8) is 0 Å². The lowest BCUT2D eigenvalue weighted by atomic mass is 9.97. The predicted octanol–water partition coefficient (Wildman–Crippen LogP) is 1.80. The number of amides is 1. The minimum Gasteiger partial charge on any atom is -0.354 e. The standard InChI is InChI=1S/C9H19NO/c1-6(2)8(5)9(11)10-7(3)4/h6-8H,1-5H3,(H,10,11). The van der Waals surface area contributed by atoms with E-state index in [9.17, 15) is 4.79 Å². The molecular weight excluding hydrogens is 138 g/mol. The third-order valence-electron chi connectivity index (χ3n) is 1.84. The van der Waals surface area contributed by atoms with Crippen molar-refractivity contribution < 1.29 is 4.79 Å². The summed E-state index contributed by atoms with van der Waals surface area (Å²) in [4.78, 5) is 11.3. The number of carbonyl (C=O) groups is 1. The van der Waals surface area contributed by atoms with Gasteiger partial charge in [-0.15, -0.1) is 0 Å². The molecule has 0 aliphatic heterocycles. The molecule has 0 fully saturated rings. The summed E-state index contributed by atoms with van der Waals surface area (Å²) in [7, 11) is 0. The number of hydrogen-bond donors (Lipinski definition) is 1. The molecule has 0 heterocycles. The fourth-order valence-electron chi connectivity index (χ4n) is 0.719. The van der Waals surface area contributed by atoms with Gasteiger partial charge in [0, 0.05) is 12.0 Å². The van der Waals surface area contributed by atoms with Crippen LogP contribution in [0.5, 0.6) is 0 Å². The Kier molecular flexibility index (Phi) is 4.16. The van der Waals surface area contributed by atoms with Gasteiger partial charge in [0.1, 0.15) is 0 Å². The number of hydrogen-bond acceptors (Lipinski definition) is 1. The summed E-state index contributed by atoms with van der Waals surface area (Å²) in [6.07, 6.45) is 0. The summed E-state index contributed by atoms with van der Waals surface area (Å²) in [5, 5.41) is 2.88. The summed E-state index contributed by atoms with van der Waals surface area (Å²) >= 11 is 0. The minimum atomic E-state index is 0.123. The van der Waals surface area contributed by atoms with Gasteiger partial charge in [0.2, 0.25) is 5.91 Å². The molecule has 1 N–H and O–H groups in total. The highest BCUT2D eigenvalue weighted by Gasteiger charge is 2.16. The van der Waals surface area contributed by atoms with Gasteiger partial charge in [0.25, 0.3) is 0 Å². The highest BCUT2D eigenvalue weighted by atomic mass is 16.1. The van der Waals surface area contributed by atoms with E-state index in [1.54, 1.807) is 0 Å². The molecule has 0 saturated carbocycles. The quantitative estimate of drug-likeness (QED) is 0.665. The van der Waals surface area contributed by atoms with Crippen LogP contribution in [0.2, 0.25) is 0 Å². The van der Waals surface area contributed by atoms with Crippen LogP contribution in [0.4, 0.5) is 0 Å². The van der Waals surface area contributed by atoms with Crippen molar-refractivity contribution in [2.75, 3.05) is 0 Å². The molecule has 1 amide bonds. The van der Waals surface area contributed by atoms with E-state index in [0.717, 1.165) is 0 Å². The van der Waals surface area contributed by atoms with Crippen molar-refractivity contribution in [2.24, 2.45) is 11.8 Å². The third kappa shape index (κ3) is 4.02. The Bertz CT molecular complexity index is 130. The SMILES string of the molecule is CC(C)NC(=O)C(C)C(C)C. The second-order valence-electron chi connectivity index (χ2n) is 3.70. The van der Waals surface area contributed by atoms with E-state index in [4.69, 9.17) is 0 Å². The maximum atomic E-state index is 11.3. The van der Waals surface area contributed by atoms with Gasteiger partial charge >= 0.3 is 0 Å². The lowest BCUT2D eigenvalue weighted by Crippen LogP contribution is -2.36. The van der Waals surface area contributed by atoms with E-state index >= 15 is 0 Å². The summed E-state index contributed by atoms with van der Waals surface area (Å²) in [5.74, 6) is 0.709. The van der Waals surface area contributed by atoms with Gasteiger partial charge < -0.3 is 5.32 Å². The van der Waals surface area contributed by atoms with Crippen molar-refractivity contribution >= 4 is 5.91 Å². The first-order valence-corrected chi connectivity index (χ1v) is 4.25. The molecule has 2 nitrogen and oxygen atoms in total. The maximum Gasteiger partial charge on any atom is 0.223 e.